The van der Waals surface area contributed by atoms with Gasteiger partial charge in [-0.3, -0.25) is 0 Å². The summed E-state index contributed by atoms with van der Waals surface area (Å²) in [6, 6.07) is 0. The van der Waals surface area contributed by atoms with E-state index in [0.717, 1.165) is 25.7 Å². The molecule has 2 heteroatoms. The summed E-state index contributed by atoms with van der Waals surface area (Å²) in [5, 5.41) is 0. The summed E-state index contributed by atoms with van der Waals surface area (Å²) in [5.41, 5.74) is 0. The second-order valence-electron chi connectivity index (χ2n) is 3.64. The van der Waals surface area contributed by atoms with E-state index in [0.29, 0.717) is 6.10 Å². The Morgan fingerprint density at radius 3 is 2.92 bits per heavy atom. The van der Waals surface area contributed by atoms with Crippen molar-refractivity contribution in [3.8, 4) is 0 Å². The minimum atomic E-state index is 0.420. The van der Waals surface area contributed by atoms with Crippen molar-refractivity contribution < 1.29 is 9.47 Å². The van der Waals surface area contributed by atoms with Crippen molar-refractivity contribution in [3.63, 3.8) is 0 Å². The molecule has 0 N–H and O–H groups in total. The summed E-state index contributed by atoms with van der Waals surface area (Å²) >= 11 is 0. The van der Waals surface area contributed by atoms with Crippen molar-refractivity contribution >= 4 is 0 Å². The topological polar surface area (TPSA) is 21.8 Å². The highest BCUT2D eigenvalue weighted by Crippen LogP contribution is 2.19. The quantitative estimate of drug-likeness (QED) is 0.471. The molecule has 0 aromatic rings. The fourth-order valence-corrected chi connectivity index (χ4v) is 1.54. The lowest BCUT2D eigenvalue weighted by Crippen LogP contribution is -2.13. The molecule has 2 atom stereocenters. The first kappa shape index (κ1) is 8.27. The third kappa shape index (κ3) is 2.61. The lowest BCUT2D eigenvalue weighted by atomic mass is 9.95. The molecule has 68 valence electrons. The summed E-state index contributed by atoms with van der Waals surface area (Å²) in [5.74, 6) is 0.758. The molecule has 0 aromatic carbocycles. The Morgan fingerprint density at radius 2 is 2.25 bits per heavy atom. The number of hydrogen-bond donors (Lipinski definition) is 0. The highest BCUT2D eigenvalue weighted by Gasteiger charge is 2.22. The van der Waals surface area contributed by atoms with Crippen molar-refractivity contribution in [1.29, 1.82) is 0 Å². The molecule has 1 saturated heterocycles. The Kier molecular flexibility index (Phi) is 2.79. The SMILES string of the molecule is C1=CC[C@H](COC[C@H]2CO2)CC1. The summed E-state index contributed by atoms with van der Waals surface area (Å²) < 4.78 is 10.6. The van der Waals surface area contributed by atoms with Crippen molar-refractivity contribution in [2.24, 2.45) is 5.92 Å². The molecule has 1 aliphatic heterocycles. The van der Waals surface area contributed by atoms with Crippen LogP contribution in [0.3, 0.4) is 0 Å². The Bertz CT molecular complexity index is 161. The molecular formula is C10H16O2. The van der Waals surface area contributed by atoms with Gasteiger partial charge < -0.3 is 9.47 Å². The molecule has 1 aliphatic carbocycles. The van der Waals surface area contributed by atoms with E-state index < -0.39 is 0 Å². The molecule has 0 radical (unpaired) electrons. The molecule has 2 rings (SSSR count). The van der Waals surface area contributed by atoms with Crippen LogP contribution in [0, 0.1) is 5.92 Å². The Balaban J connectivity index is 1.55. The first-order valence-corrected chi connectivity index (χ1v) is 4.79. The maximum Gasteiger partial charge on any atom is 0.104 e. The van der Waals surface area contributed by atoms with Crippen LogP contribution in [0.4, 0.5) is 0 Å². The zero-order valence-electron chi connectivity index (χ0n) is 7.37. The predicted molar refractivity (Wildman–Crippen MR) is 47.0 cm³/mol. The smallest absolute Gasteiger partial charge is 0.104 e. The zero-order valence-corrected chi connectivity index (χ0v) is 7.37. The maximum absolute atomic E-state index is 5.54. The molecule has 0 aromatic heterocycles. The Labute approximate surface area is 73.5 Å². The van der Waals surface area contributed by atoms with E-state index in [9.17, 15) is 0 Å². The highest BCUT2D eigenvalue weighted by atomic mass is 16.6. The first-order chi connectivity index (χ1) is 5.95. The molecule has 2 nitrogen and oxygen atoms in total. The number of hydrogen-bond acceptors (Lipinski definition) is 2. The van der Waals surface area contributed by atoms with Gasteiger partial charge in [0.15, 0.2) is 0 Å². The minimum absolute atomic E-state index is 0.420. The molecule has 0 spiro atoms. The highest BCUT2D eigenvalue weighted by molar-refractivity contribution is 4.89. The molecule has 0 saturated carbocycles. The van der Waals surface area contributed by atoms with E-state index in [1.165, 1.54) is 19.3 Å². The summed E-state index contributed by atoms with van der Waals surface area (Å²) in [6.45, 7) is 2.63. The lowest BCUT2D eigenvalue weighted by molar-refractivity contribution is 0.0832. The minimum Gasteiger partial charge on any atom is -0.378 e. The fourth-order valence-electron chi connectivity index (χ4n) is 1.54. The molecule has 0 unspecified atom stereocenters. The van der Waals surface area contributed by atoms with Gasteiger partial charge in [0.05, 0.1) is 13.2 Å². The van der Waals surface area contributed by atoms with Gasteiger partial charge in [0.2, 0.25) is 0 Å². The van der Waals surface area contributed by atoms with Gasteiger partial charge in [0.1, 0.15) is 6.10 Å². The summed E-state index contributed by atoms with van der Waals surface area (Å²) in [6.07, 6.45) is 8.68. The number of rotatable bonds is 4. The monoisotopic (exact) mass is 168 g/mol. The van der Waals surface area contributed by atoms with E-state index in [4.69, 9.17) is 9.47 Å². The van der Waals surface area contributed by atoms with Crippen LogP contribution in [0.1, 0.15) is 19.3 Å². The van der Waals surface area contributed by atoms with Gasteiger partial charge in [-0.05, 0) is 25.2 Å². The average molecular weight is 168 g/mol. The molecule has 0 bridgehead atoms. The van der Waals surface area contributed by atoms with Gasteiger partial charge in [-0.1, -0.05) is 12.2 Å². The fraction of sp³-hybridized carbons (Fsp3) is 0.800. The first-order valence-electron chi connectivity index (χ1n) is 4.79. The van der Waals surface area contributed by atoms with Crippen molar-refractivity contribution in [1.82, 2.24) is 0 Å². The Morgan fingerprint density at radius 1 is 1.33 bits per heavy atom. The van der Waals surface area contributed by atoms with Crippen LogP contribution in [0.15, 0.2) is 12.2 Å². The van der Waals surface area contributed by atoms with Crippen LogP contribution >= 0.6 is 0 Å². The van der Waals surface area contributed by atoms with Crippen LogP contribution < -0.4 is 0 Å². The van der Waals surface area contributed by atoms with Crippen LogP contribution in [0.25, 0.3) is 0 Å². The van der Waals surface area contributed by atoms with Gasteiger partial charge in [-0.25, -0.2) is 0 Å². The van der Waals surface area contributed by atoms with E-state index >= 15 is 0 Å². The van der Waals surface area contributed by atoms with Crippen LogP contribution in [-0.2, 0) is 9.47 Å². The zero-order chi connectivity index (χ0) is 8.23. The largest absolute Gasteiger partial charge is 0.378 e. The predicted octanol–water partition coefficient (Wildman–Crippen LogP) is 1.76. The lowest BCUT2D eigenvalue weighted by Gasteiger charge is -2.16. The van der Waals surface area contributed by atoms with Crippen LogP contribution in [0.2, 0.25) is 0 Å². The maximum atomic E-state index is 5.54. The van der Waals surface area contributed by atoms with Crippen LogP contribution in [0.5, 0.6) is 0 Å². The van der Waals surface area contributed by atoms with Gasteiger partial charge in [0.25, 0.3) is 0 Å². The van der Waals surface area contributed by atoms with Crippen LogP contribution in [-0.4, -0.2) is 25.9 Å². The van der Waals surface area contributed by atoms with Crippen molar-refractivity contribution in [3.05, 3.63) is 12.2 Å². The number of ether oxygens (including phenoxy) is 2. The normalized spacial score (nSPS) is 33.7. The average Bonchev–Trinajstić information content (AvgIpc) is 2.90. The third-order valence-corrected chi connectivity index (χ3v) is 2.44. The van der Waals surface area contributed by atoms with Crippen molar-refractivity contribution in [2.75, 3.05) is 19.8 Å². The van der Waals surface area contributed by atoms with Gasteiger partial charge in [-0.15, -0.1) is 0 Å². The molecule has 1 fully saturated rings. The molecule has 1 heterocycles. The standard InChI is InChI=1S/C10H16O2/c1-2-4-9(5-3-1)6-11-7-10-8-12-10/h1-2,9-10H,3-8H2/t9-,10-/m0/s1. The van der Waals surface area contributed by atoms with E-state index in [-0.39, 0.29) is 0 Å². The third-order valence-electron chi connectivity index (χ3n) is 2.44. The van der Waals surface area contributed by atoms with Gasteiger partial charge in [0, 0.05) is 6.61 Å². The van der Waals surface area contributed by atoms with E-state index in [1.54, 1.807) is 0 Å². The number of allylic oxidation sites excluding steroid dienone is 2. The summed E-state index contributed by atoms with van der Waals surface area (Å²) in [4.78, 5) is 0. The molecule has 12 heavy (non-hydrogen) atoms. The second-order valence-corrected chi connectivity index (χ2v) is 3.64. The molecular weight excluding hydrogens is 152 g/mol. The molecule has 2 aliphatic rings. The Hall–Kier alpha value is -0.340. The van der Waals surface area contributed by atoms with Gasteiger partial charge in [-0.2, -0.15) is 0 Å². The summed E-state index contributed by atoms with van der Waals surface area (Å²) in [7, 11) is 0. The number of epoxide rings is 1. The molecule has 0 amide bonds. The van der Waals surface area contributed by atoms with Crippen molar-refractivity contribution in [2.45, 2.75) is 25.4 Å². The van der Waals surface area contributed by atoms with E-state index in [1.807, 2.05) is 0 Å². The van der Waals surface area contributed by atoms with E-state index in [2.05, 4.69) is 12.2 Å². The van der Waals surface area contributed by atoms with Gasteiger partial charge >= 0.3 is 0 Å². The second kappa shape index (κ2) is 4.06.